The topological polar surface area (TPSA) is 35.5 Å². The number of carbonyl (C=O) groups is 1. The van der Waals surface area contributed by atoms with Gasteiger partial charge in [0.2, 0.25) is 0 Å². The predicted molar refractivity (Wildman–Crippen MR) is 79.4 cm³/mol. The molecule has 0 aliphatic rings. The molecule has 0 saturated heterocycles. The molecule has 0 aromatic carbocycles. The Morgan fingerprint density at radius 3 is 1.42 bits per heavy atom. The highest BCUT2D eigenvalue weighted by atomic mass is 16.7. The summed E-state index contributed by atoms with van der Waals surface area (Å²) in [6, 6.07) is 0. The van der Waals surface area contributed by atoms with Crippen molar-refractivity contribution in [3.8, 4) is 0 Å². The average Bonchev–Trinajstić information content (AvgIpc) is 2.41. The van der Waals surface area contributed by atoms with Gasteiger partial charge in [-0.25, -0.2) is 4.79 Å². The van der Waals surface area contributed by atoms with Gasteiger partial charge < -0.3 is 9.47 Å². The molecule has 3 heteroatoms. The van der Waals surface area contributed by atoms with Crippen LogP contribution in [0.2, 0.25) is 0 Å². The molecule has 0 fully saturated rings. The van der Waals surface area contributed by atoms with E-state index in [9.17, 15) is 4.79 Å². The summed E-state index contributed by atoms with van der Waals surface area (Å²) in [4.78, 5) is 11.2. The van der Waals surface area contributed by atoms with Crippen molar-refractivity contribution in [1.82, 2.24) is 0 Å². The highest BCUT2D eigenvalue weighted by molar-refractivity contribution is 5.59. The van der Waals surface area contributed by atoms with Crippen LogP contribution < -0.4 is 0 Å². The van der Waals surface area contributed by atoms with Crippen LogP contribution in [0, 0.1) is 0 Å². The van der Waals surface area contributed by atoms with Gasteiger partial charge >= 0.3 is 6.16 Å². The van der Waals surface area contributed by atoms with Crippen molar-refractivity contribution in [2.45, 2.75) is 84.5 Å². The second-order valence-corrected chi connectivity index (χ2v) is 5.13. The lowest BCUT2D eigenvalue weighted by molar-refractivity contribution is 0.0529. The Balaban J connectivity index is 3.13. The summed E-state index contributed by atoms with van der Waals surface area (Å²) >= 11 is 0. The van der Waals surface area contributed by atoms with Crippen molar-refractivity contribution in [3.63, 3.8) is 0 Å². The maximum Gasteiger partial charge on any atom is 0.508 e. The summed E-state index contributed by atoms with van der Waals surface area (Å²) in [6.45, 7) is 5.40. The van der Waals surface area contributed by atoms with E-state index in [2.05, 4.69) is 13.8 Å². The Labute approximate surface area is 119 Å². The average molecular weight is 272 g/mol. The Kier molecular flexibility index (Phi) is 14.7. The highest BCUT2D eigenvalue weighted by Gasteiger charge is 2.02. The number of rotatable bonds is 13. The van der Waals surface area contributed by atoms with Crippen molar-refractivity contribution in [2.75, 3.05) is 13.2 Å². The predicted octanol–water partition coefficient (Wildman–Crippen LogP) is 5.47. The molecular formula is C16H32O3. The molecule has 0 amide bonds. The molecule has 0 aliphatic carbocycles. The van der Waals surface area contributed by atoms with Crippen molar-refractivity contribution in [2.24, 2.45) is 0 Å². The van der Waals surface area contributed by atoms with Crippen LogP contribution in [0.15, 0.2) is 0 Å². The van der Waals surface area contributed by atoms with Crippen LogP contribution >= 0.6 is 0 Å². The third kappa shape index (κ3) is 15.2. The minimum absolute atomic E-state index is 0.496. The zero-order valence-electron chi connectivity index (χ0n) is 12.9. The summed E-state index contributed by atoms with van der Waals surface area (Å²) in [5, 5.41) is 0. The van der Waals surface area contributed by atoms with Gasteiger partial charge in [0.25, 0.3) is 0 Å². The van der Waals surface area contributed by atoms with Gasteiger partial charge in [-0.2, -0.15) is 0 Å². The summed E-state index contributed by atoms with van der Waals surface area (Å²) in [7, 11) is 0. The Bertz CT molecular complexity index is 192. The molecule has 0 spiro atoms. The van der Waals surface area contributed by atoms with Crippen LogP contribution in [0.1, 0.15) is 84.5 Å². The van der Waals surface area contributed by atoms with E-state index in [1.165, 1.54) is 44.9 Å². The third-order valence-corrected chi connectivity index (χ3v) is 3.19. The number of unbranched alkanes of at least 4 members (excludes halogenated alkanes) is 9. The van der Waals surface area contributed by atoms with Crippen LogP contribution in [0.4, 0.5) is 4.79 Å². The second kappa shape index (κ2) is 15.3. The summed E-state index contributed by atoms with van der Waals surface area (Å²) in [5.41, 5.74) is 0. The number of hydrogen-bond donors (Lipinski definition) is 0. The minimum atomic E-state index is -0.496. The van der Waals surface area contributed by atoms with Crippen LogP contribution in [-0.4, -0.2) is 19.4 Å². The van der Waals surface area contributed by atoms with E-state index in [0.717, 1.165) is 25.7 Å². The molecular weight excluding hydrogens is 240 g/mol. The van der Waals surface area contributed by atoms with Crippen LogP contribution in [0.3, 0.4) is 0 Å². The van der Waals surface area contributed by atoms with Crippen LogP contribution in [0.5, 0.6) is 0 Å². The molecule has 0 aromatic heterocycles. The summed E-state index contributed by atoms with van der Waals surface area (Å²) in [6.07, 6.45) is 12.5. The fraction of sp³-hybridized carbons (Fsp3) is 0.938. The first-order valence-corrected chi connectivity index (χ1v) is 8.10. The highest BCUT2D eigenvalue weighted by Crippen LogP contribution is 2.06. The molecule has 114 valence electrons. The zero-order valence-corrected chi connectivity index (χ0v) is 12.9. The molecule has 0 atom stereocenters. The van der Waals surface area contributed by atoms with E-state index in [-0.39, 0.29) is 0 Å². The standard InChI is InChI=1S/C16H32O3/c1-3-5-7-9-11-13-15-19-16(17)18-14-12-10-8-6-4-2/h3-15H2,1-2H3. The van der Waals surface area contributed by atoms with E-state index in [1.807, 2.05) is 0 Å². The van der Waals surface area contributed by atoms with Crippen LogP contribution in [-0.2, 0) is 9.47 Å². The van der Waals surface area contributed by atoms with Crippen molar-refractivity contribution < 1.29 is 14.3 Å². The molecule has 0 bridgehead atoms. The first-order valence-electron chi connectivity index (χ1n) is 8.10. The Hall–Kier alpha value is -0.730. The van der Waals surface area contributed by atoms with Gasteiger partial charge in [-0.1, -0.05) is 71.6 Å². The molecule has 0 N–H and O–H groups in total. The first kappa shape index (κ1) is 18.3. The molecule has 0 heterocycles. The largest absolute Gasteiger partial charge is 0.508 e. The third-order valence-electron chi connectivity index (χ3n) is 3.19. The van der Waals surface area contributed by atoms with Crippen molar-refractivity contribution in [3.05, 3.63) is 0 Å². The van der Waals surface area contributed by atoms with E-state index in [0.29, 0.717) is 13.2 Å². The van der Waals surface area contributed by atoms with E-state index >= 15 is 0 Å². The Morgan fingerprint density at radius 1 is 0.632 bits per heavy atom. The van der Waals surface area contributed by atoms with E-state index in [1.54, 1.807) is 0 Å². The monoisotopic (exact) mass is 272 g/mol. The van der Waals surface area contributed by atoms with Gasteiger partial charge in [-0.3, -0.25) is 0 Å². The van der Waals surface area contributed by atoms with Crippen molar-refractivity contribution in [1.29, 1.82) is 0 Å². The smallest absolute Gasteiger partial charge is 0.434 e. The van der Waals surface area contributed by atoms with Gasteiger partial charge in [0.1, 0.15) is 0 Å². The SMILES string of the molecule is CCCCCCCCOC(=O)OCCCCCCC. The Morgan fingerprint density at radius 2 is 1.00 bits per heavy atom. The van der Waals surface area contributed by atoms with Gasteiger partial charge in [-0.05, 0) is 12.8 Å². The second-order valence-electron chi connectivity index (χ2n) is 5.13. The minimum Gasteiger partial charge on any atom is -0.434 e. The number of ether oxygens (including phenoxy) is 2. The lowest BCUT2D eigenvalue weighted by Gasteiger charge is -2.06. The molecule has 19 heavy (non-hydrogen) atoms. The molecule has 0 saturated carbocycles. The molecule has 3 nitrogen and oxygen atoms in total. The fourth-order valence-corrected chi connectivity index (χ4v) is 1.94. The fourth-order valence-electron chi connectivity index (χ4n) is 1.94. The maximum atomic E-state index is 11.2. The zero-order chi connectivity index (χ0) is 14.2. The quantitative estimate of drug-likeness (QED) is 0.329. The van der Waals surface area contributed by atoms with Gasteiger partial charge in [0.05, 0.1) is 13.2 Å². The summed E-state index contributed by atoms with van der Waals surface area (Å²) in [5.74, 6) is 0. The molecule has 0 radical (unpaired) electrons. The lowest BCUT2D eigenvalue weighted by atomic mass is 10.1. The lowest BCUT2D eigenvalue weighted by Crippen LogP contribution is -2.09. The van der Waals surface area contributed by atoms with E-state index in [4.69, 9.17) is 9.47 Å². The van der Waals surface area contributed by atoms with E-state index < -0.39 is 6.16 Å². The number of hydrogen-bond acceptors (Lipinski definition) is 3. The number of carbonyl (C=O) groups excluding carboxylic acids is 1. The van der Waals surface area contributed by atoms with Gasteiger partial charge in [0.15, 0.2) is 0 Å². The molecule has 0 rings (SSSR count). The van der Waals surface area contributed by atoms with Crippen molar-refractivity contribution >= 4 is 6.16 Å². The molecule has 0 aliphatic heterocycles. The van der Waals surface area contributed by atoms with Crippen LogP contribution in [0.25, 0.3) is 0 Å². The normalized spacial score (nSPS) is 10.4. The van der Waals surface area contributed by atoms with Gasteiger partial charge in [0, 0.05) is 0 Å². The first-order chi connectivity index (χ1) is 9.31. The van der Waals surface area contributed by atoms with Gasteiger partial charge in [-0.15, -0.1) is 0 Å². The molecule has 0 unspecified atom stereocenters. The maximum absolute atomic E-state index is 11.2. The summed E-state index contributed by atoms with van der Waals surface area (Å²) < 4.78 is 10.0. The molecule has 0 aromatic rings.